The molecule has 0 radical (unpaired) electrons. The number of nitrogens with zero attached hydrogens (tertiary/aromatic N) is 2. The highest BCUT2D eigenvalue weighted by Crippen LogP contribution is 2.23. The van der Waals surface area contributed by atoms with Crippen LogP contribution in [-0.4, -0.2) is 28.5 Å². The molecule has 1 amide bonds. The van der Waals surface area contributed by atoms with Crippen LogP contribution in [0.1, 0.15) is 38.2 Å². The SMILES string of the molecule is COc1ccc(Nc2cc(F)nc(F)c2)nc1C(=O)NC(C)(C)C(C)C. The number of carbonyl (C=O) groups is 1. The highest BCUT2D eigenvalue weighted by atomic mass is 19.1. The summed E-state index contributed by atoms with van der Waals surface area (Å²) in [6.45, 7) is 7.81. The monoisotopic (exact) mass is 364 g/mol. The number of hydrogen-bond donors (Lipinski definition) is 2. The maximum absolute atomic E-state index is 13.2. The van der Waals surface area contributed by atoms with Gasteiger partial charge in [-0.25, -0.2) is 4.98 Å². The molecule has 2 N–H and O–H groups in total. The van der Waals surface area contributed by atoms with Gasteiger partial charge in [0.1, 0.15) is 11.6 Å². The minimum Gasteiger partial charge on any atom is -0.494 e. The number of carbonyl (C=O) groups excluding carboxylic acids is 1. The van der Waals surface area contributed by atoms with Gasteiger partial charge in [-0.15, -0.1) is 0 Å². The fourth-order valence-electron chi connectivity index (χ4n) is 2.02. The average molecular weight is 364 g/mol. The summed E-state index contributed by atoms with van der Waals surface area (Å²) in [4.78, 5) is 19.9. The highest BCUT2D eigenvalue weighted by Gasteiger charge is 2.27. The lowest BCUT2D eigenvalue weighted by Gasteiger charge is -2.30. The van der Waals surface area contributed by atoms with E-state index < -0.39 is 23.3 Å². The van der Waals surface area contributed by atoms with Crippen LogP contribution in [0.3, 0.4) is 0 Å². The summed E-state index contributed by atoms with van der Waals surface area (Å²) in [5, 5.41) is 5.67. The van der Waals surface area contributed by atoms with Crippen LogP contribution in [-0.2, 0) is 0 Å². The van der Waals surface area contributed by atoms with Crippen LogP contribution in [0.4, 0.5) is 20.3 Å². The molecular formula is C18H22F2N4O2. The fraction of sp³-hybridized carbons (Fsp3) is 0.389. The minimum atomic E-state index is -0.960. The molecule has 0 spiro atoms. The van der Waals surface area contributed by atoms with E-state index in [0.717, 1.165) is 12.1 Å². The van der Waals surface area contributed by atoms with Crippen LogP contribution < -0.4 is 15.4 Å². The molecule has 0 unspecified atom stereocenters. The first-order chi connectivity index (χ1) is 12.1. The normalized spacial score (nSPS) is 11.4. The second-order valence-corrected chi connectivity index (χ2v) is 6.70. The Labute approximate surface area is 151 Å². The zero-order valence-corrected chi connectivity index (χ0v) is 15.4. The number of rotatable bonds is 6. The van der Waals surface area contributed by atoms with E-state index in [-0.39, 0.29) is 23.1 Å². The molecule has 0 aliphatic rings. The van der Waals surface area contributed by atoms with Crippen molar-refractivity contribution in [2.75, 3.05) is 12.4 Å². The topological polar surface area (TPSA) is 76.1 Å². The van der Waals surface area contributed by atoms with Crippen LogP contribution in [0.5, 0.6) is 5.75 Å². The van der Waals surface area contributed by atoms with Gasteiger partial charge in [0.15, 0.2) is 5.69 Å². The number of anilines is 2. The quantitative estimate of drug-likeness (QED) is 0.765. The van der Waals surface area contributed by atoms with Gasteiger partial charge in [-0.1, -0.05) is 13.8 Å². The van der Waals surface area contributed by atoms with Gasteiger partial charge in [-0.2, -0.15) is 13.8 Å². The van der Waals surface area contributed by atoms with Gasteiger partial charge in [-0.05, 0) is 31.9 Å². The predicted octanol–water partition coefficient (Wildman–Crippen LogP) is 3.67. The van der Waals surface area contributed by atoms with E-state index in [2.05, 4.69) is 20.6 Å². The van der Waals surface area contributed by atoms with Crippen molar-refractivity contribution in [3.63, 3.8) is 0 Å². The van der Waals surface area contributed by atoms with Crippen molar-refractivity contribution in [1.29, 1.82) is 0 Å². The van der Waals surface area contributed by atoms with E-state index >= 15 is 0 Å². The first-order valence-electron chi connectivity index (χ1n) is 8.10. The smallest absolute Gasteiger partial charge is 0.274 e. The second kappa shape index (κ2) is 7.63. The number of pyridine rings is 2. The third-order valence-corrected chi connectivity index (χ3v) is 4.21. The summed E-state index contributed by atoms with van der Waals surface area (Å²) < 4.78 is 31.6. The van der Waals surface area contributed by atoms with Gasteiger partial charge in [0.05, 0.1) is 7.11 Å². The van der Waals surface area contributed by atoms with Crippen LogP contribution in [0.25, 0.3) is 0 Å². The van der Waals surface area contributed by atoms with Crippen LogP contribution in [0, 0.1) is 17.8 Å². The molecule has 6 nitrogen and oxygen atoms in total. The zero-order chi connectivity index (χ0) is 19.5. The third kappa shape index (κ3) is 4.65. The van der Waals surface area contributed by atoms with E-state index in [1.54, 1.807) is 12.1 Å². The molecule has 2 aromatic rings. The maximum Gasteiger partial charge on any atom is 0.274 e. The first-order valence-corrected chi connectivity index (χ1v) is 8.10. The molecule has 0 aromatic carbocycles. The molecule has 0 fully saturated rings. The molecule has 0 saturated heterocycles. The first kappa shape index (κ1) is 19.6. The highest BCUT2D eigenvalue weighted by molar-refractivity contribution is 5.96. The Balaban J connectivity index is 2.31. The summed E-state index contributed by atoms with van der Waals surface area (Å²) in [6.07, 6.45) is 0. The van der Waals surface area contributed by atoms with Crippen LogP contribution in [0.2, 0.25) is 0 Å². The molecule has 0 aliphatic carbocycles. The van der Waals surface area contributed by atoms with Gasteiger partial charge in [0, 0.05) is 23.4 Å². The van der Waals surface area contributed by atoms with E-state index in [0.29, 0.717) is 5.75 Å². The largest absolute Gasteiger partial charge is 0.494 e. The van der Waals surface area contributed by atoms with Crippen molar-refractivity contribution >= 4 is 17.4 Å². The molecule has 2 aromatic heterocycles. The number of ether oxygens (including phenoxy) is 1. The number of amides is 1. The summed E-state index contributed by atoms with van der Waals surface area (Å²) in [5.41, 5.74) is -0.257. The number of aromatic nitrogens is 2. The van der Waals surface area contributed by atoms with Crippen molar-refractivity contribution in [1.82, 2.24) is 15.3 Å². The van der Waals surface area contributed by atoms with Crippen molar-refractivity contribution in [3.05, 3.63) is 41.9 Å². The van der Waals surface area contributed by atoms with E-state index in [1.807, 2.05) is 27.7 Å². The molecule has 26 heavy (non-hydrogen) atoms. The molecule has 0 atom stereocenters. The molecule has 2 rings (SSSR count). The lowest BCUT2D eigenvalue weighted by atomic mass is 9.90. The lowest BCUT2D eigenvalue weighted by molar-refractivity contribution is 0.0882. The van der Waals surface area contributed by atoms with Gasteiger partial charge in [0.2, 0.25) is 11.9 Å². The summed E-state index contributed by atoms with van der Waals surface area (Å²) in [5.74, 6) is -1.60. The van der Waals surface area contributed by atoms with Crippen molar-refractivity contribution in [2.45, 2.75) is 33.2 Å². The van der Waals surface area contributed by atoms with Crippen molar-refractivity contribution in [3.8, 4) is 5.75 Å². The van der Waals surface area contributed by atoms with Gasteiger partial charge >= 0.3 is 0 Å². The van der Waals surface area contributed by atoms with Crippen LogP contribution in [0.15, 0.2) is 24.3 Å². The number of hydrogen-bond acceptors (Lipinski definition) is 5. The lowest BCUT2D eigenvalue weighted by Crippen LogP contribution is -2.47. The number of methoxy groups -OCH3 is 1. The molecule has 8 heteroatoms. The Hall–Kier alpha value is -2.77. The molecule has 0 aliphatic heterocycles. The molecule has 2 heterocycles. The maximum atomic E-state index is 13.2. The van der Waals surface area contributed by atoms with Crippen molar-refractivity contribution < 1.29 is 18.3 Å². The van der Waals surface area contributed by atoms with E-state index in [1.165, 1.54) is 7.11 Å². The number of nitrogens with one attached hydrogen (secondary N) is 2. The van der Waals surface area contributed by atoms with Gasteiger partial charge in [0.25, 0.3) is 5.91 Å². The second-order valence-electron chi connectivity index (χ2n) is 6.70. The minimum absolute atomic E-state index is 0.0706. The molecule has 140 valence electrons. The summed E-state index contributed by atoms with van der Waals surface area (Å²) >= 11 is 0. The third-order valence-electron chi connectivity index (χ3n) is 4.21. The molecular weight excluding hydrogens is 342 g/mol. The predicted molar refractivity (Wildman–Crippen MR) is 94.6 cm³/mol. The summed E-state index contributed by atoms with van der Waals surface area (Å²) in [7, 11) is 1.43. The zero-order valence-electron chi connectivity index (χ0n) is 15.4. The number of halogens is 2. The standard InChI is InChI=1S/C18H22F2N4O2/c1-10(2)18(3,4)24-17(25)16-12(26-5)6-7-15(23-16)21-11-8-13(19)22-14(20)9-11/h6-10H,1-5H3,(H,24,25)(H,21,22,23). The van der Waals surface area contributed by atoms with Gasteiger partial charge < -0.3 is 15.4 Å². The van der Waals surface area contributed by atoms with E-state index in [4.69, 9.17) is 4.74 Å². The Kier molecular flexibility index (Phi) is 5.74. The summed E-state index contributed by atoms with van der Waals surface area (Å²) in [6, 6.07) is 5.15. The van der Waals surface area contributed by atoms with Crippen LogP contribution >= 0.6 is 0 Å². The molecule has 0 saturated carbocycles. The Morgan fingerprint density at radius 1 is 1.15 bits per heavy atom. The Morgan fingerprint density at radius 2 is 1.77 bits per heavy atom. The Morgan fingerprint density at radius 3 is 2.31 bits per heavy atom. The molecule has 0 bridgehead atoms. The average Bonchev–Trinajstić information content (AvgIpc) is 2.53. The van der Waals surface area contributed by atoms with Crippen molar-refractivity contribution in [2.24, 2.45) is 5.92 Å². The van der Waals surface area contributed by atoms with Gasteiger partial charge in [-0.3, -0.25) is 4.79 Å². The van der Waals surface area contributed by atoms with E-state index in [9.17, 15) is 13.6 Å². The Bertz CT molecular complexity index is 790. The fourth-order valence-corrected chi connectivity index (χ4v) is 2.02.